The fourth-order valence-electron chi connectivity index (χ4n) is 1.71. The van der Waals surface area contributed by atoms with Gasteiger partial charge in [0.05, 0.1) is 5.69 Å². The van der Waals surface area contributed by atoms with Gasteiger partial charge in [-0.05, 0) is 31.2 Å². The minimum absolute atomic E-state index is 0.274. The lowest BCUT2D eigenvalue weighted by atomic mass is 10.2. The maximum Gasteiger partial charge on any atom is 0.246 e. The van der Waals surface area contributed by atoms with Crippen molar-refractivity contribution in [2.24, 2.45) is 0 Å². The van der Waals surface area contributed by atoms with E-state index in [9.17, 15) is 18.0 Å². The molecular weight excluding hydrogens is 281 g/mol. The van der Waals surface area contributed by atoms with Crippen molar-refractivity contribution < 1.29 is 18.0 Å². The summed E-state index contributed by atoms with van der Waals surface area (Å²) in [5, 5.41) is 5.12. The number of amides is 1. The first-order valence-electron chi connectivity index (χ1n) is 6.25. The van der Waals surface area contributed by atoms with Crippen molar-refractivity contribution in [3.05, 3.63) is 59.9 Å². The number of para-hydroxylation sites is 1. The van der Waals surface area contributed by atoms with Gasteiger partial charge in [0, 0.05) is 5.69 Å². The summed E-state index contributed by atoms with van der Waals surface area (Å²) < 4.78 is 39.4. The fourth-order valence-corrected chi connectivity index (χ4v) is 1.71. The fraction of sp³-hybridized carbons (Fsp3) is 0.133. The predicted octanol–water partition coefficient (Wildman–Crippen LogP) is 3.54. The Balaban J connectivity index is 2.06. The van der Waals surface area contributed by atoms with E-state index in [4.69, 9.17) is 0 Å². The summed E-state index contributed by atoms with van der Waals surface area (Å²) in [4.78, 5) is 11.9. The molecule has 2 rings (SSSR count). The van der Waals surface area contributed by atoms with Crippen LogP contribution in [0.3, 0.4) is 0 Å². The maximum absolute atomic E-state index is 13.5. The molecule has 0 aliphatic heterocycles. The number of carbonyl (C=O) groups is 1. The molecule has 0 spiro atoms. The molecular formula is C15H13F3N2O. The van der Waals surface area contributed by atoms with Gasteiger partial charge < -0.3 is 10.6 Å². The van der Waals surface area contributed by atoms with Crippen LogP contribution < -0.4 is 10.6 Å². The van der Waals surface area contributed by atoms with Crippen molar-refractivity contribution in [1.29, 1.82) is 0 Å². The summed E-state index contributed by atoms with van der Waals surface area (Å²) in [6.07, 6.45) is 0. The lowest BCUT2D eigenvalue weighted by Crippen LogP contribution is -2.32. The first kappa shape index (κ1) is 14.9. The molecule has 1 unspecified atom stereocenters. The number of anilines is 2. The highest BCUT2D eigenvalue weighted by Crippen LogP contribution is 2.20. The Morgan fingerprint density at radius 1 is 1.00 bits per heavy atom. The SMILES string of the molecule is CC(Nc1ccc(F)c(F)c1F)C(=O)Nc1ccccc1. The van der Waals surface area contributed by atoms with Gasteiger partial charge >= 0.3 is 0 Å². The van der Waals surface area contributed by atoms with Crippen LogP contribution in [0.2, 0.25) is 0 Å². The summed E-state index contributed by atoms with van der Waals surface area (Å²) >= 11 is 0. The molecule has 0 heterocycles. The number of rotatable bonds is 4. The maximum atomic E-state index is 13.5. The summed E-state index contributed by atoms with van der Waals surface area (Å²) in [6.45, 7) is 1.49. The van der Waals surface area contributed by atoms with E-state index in [0.717, 1.165) is 12.1 Å². The topological polar surface area (TPSA) is 41.1 Å². The Kier molecular flexibility index (Phi) is 4.47. The van der Waals surface area contributed by atoms with Crippen molar-refractivity contribution in [2.45, 2.75) is 13.0 Å². The Labute approximate surface area is 119 Å². The van der Waals surface area contributed by atoms with Crippen molar-refractivity contribution in [1.82, 2.24) is 0 Å². The second-order valence-corrected chi connectivity index (χ2v) is 4.44. The van der Waals surface area contributed by atoms with E-state index < -0.39 is 29.4 Å². The van der Waals surface area contributed by atoms with Crippen molar-refractivity contribution in [2.75, 3.05) is 10.6 Å². The molecule has 0 aliphatic carbocycles. The Morgan fingerprint density at radius 3 is 2.33 bits per heavy atom. The number of carbonyl (C=O) groups excluding carboxylic acids is 1. The van der Waals surface area contributed by atoms with Crippen molar-refractivity contribution >= 4 is 17.3 Å². The second kappa shape index (κ2) is 6.30. The quantitative estimate of drug-likeness (QED) is 0.847. The van der Waals surface area contributed by atoms with Crippen LogP contribution >= 0.6 is 0 Å². The van der Waals surface area contributed by atoms with Crippen LogP contribution in [0.15, 0.2) is 42.5 Å². The molecule has 2 aromatic rings. The summed E-state index contributed by atoms with van der Waals surface area (Å²) in [5.41, 5.74) is 0.312. The van der Waals surface area contributed by atoms with Gasteiger partial charge in [-0.1, -0.05) is 18.2 Å². The van der Waals surface area contributed by atoms with Gasteiger partial charge in [-0.3, -0.25) is 4.79 Å². The molecule has 0 bridgehead atoms. The third-order valence-corrected chi connectivity index (χ3v) is 2.84. The van der Waals surface area contributed by atoms with Gasteiger partial charge in [-0.15, -0.1) is 0 Å². The lowest BCUT2D eigenvalue weighted by Gasteiger charge is -2.16. The molecule has 0 saturated heterocycles. The van der Waals surface area contributed by atoms with Gasteiger partial charge in [-0.2, -0.15) is 0 Å². The Morgan fingerprint density at radius 2 is 1.67 bits per heavy atom. The second-order valence-electron chi connectivity index (χ2n) is 4.44. The van der Waals surface area contributed by atoms with E-state index in [-0.39, 0.29) is 5.69 Å². The highest BCUT2D eigenvalue weighted by molar-refractivity contribution is 5.96. The molecule has 3 nitrogen and oxygen atoms in total. The van der Waals surface area contributed by atoms with Gasteiger partial charge in [0.15, 0.2) is 17.5 Å². The summed E-state index contributed by atoms with van der Waals surface area (Å²) in [7, 11) is 0. The zero-order valence-electron chi connectivity index (χ0n) is 11.2. The van der Waals surface area contributed by atoms with E-state index in [2.05, 4.69) is 10.6 Å². The smallest absolute Gasteiger partial charge is 0.246 e. The minimum atomic E-state index is -1.57. The van der Waals surface area contributed by atoms with E-state index in [1.165, 1.54) is 6.92 Å². The standard InChI is InChI=1S/C15H13F3N2O/c1-9(15(21)20-10-5-3-2-4-6-10)19-12-8-7-11(16)13(17)14(12)18/h2-9,19H,1H3,(H,20,21). The average Bonchev–Trinajstić information content (AvgIpc) is 2.48. The van der Waals surface area contributed by atoms with Crippen LogP contribution in [0.4, 0.5) is 24.5 Å². The van der Waals surface area contributed by atoms with E-state index >= 15 is 0 Å². The monoisotopic (exact) mass is 294 g/mol. The molecule has 2 N–H and O–H groups in total. The summed E-state index contributed by atoms with van der Waals surface area (Å²) in [6, 6.07) is 9.71. The van der Waals surface area contributed by atoms with Crippen molar-refractivity contribution in [3.8, 4) is 0 Å². The molecule has 21 heavy (non-hydrogen) atoms. The normalized spacial score (nSPS) is 11.8. The molecule has 2 aromatic carbocycles. The van der Waals surface area contributed by atoms with Crippen LogP contribution in [-0.2, 0) is 4.79 Å². The van der Waals surface area contributed by atoms with E-state index in [0.29, 0.717) is 5.69 Å². The van der Waals surface area contributed by atoms with Gasteiger partial charge in [0.25, 0.3) is 0 Å². The number of hydrogen-bond acceptors (Lipinski definition) is 2. The number of hydrogen-bond donors (Lipinski definition) is 2. The number of halogens is 3. The van der Waals surface area contributed by atoms with E-state index in [1.54, 1.807) is 30.3 Å². The first-order valence-corrected chi connectivity index (χ1v) is 6.25. The molecule has 0 aromatic heterocycles. The van der Waals surface area contributed by atoms with Crippen LogP contribution in [0.1, 0.15) is 6.92 Å². The van der Waals surface area contributed by atoms with Crippen LogP contribution in [-0.4, -0.2) is 11.9 Å². The molecule has 6 heteroatoms. The summed E-state index contributed by atoms with van der Waals surface area (Å²) in [5.74, 6) is -4.63. The third kappa shape index (κ3) is 3.53. The number of benzene rings is 2. The Bertz CT molecular complexity index is 647. The largest absolute Gasteiger partial charge is 0.371 e. The molecule has 0 aliphatic rings. The van der Waals surface area contributed by atoms with Crippen LogP contribution in [0.5, 0.6) is 0 Å². The Hall–Kier alpha value is -2.50. The highest BCUT2D eigenvalue weighted by atomic mass is 19.2. The molecule has 110 valence electrons. The van der Waals surface area contributed by atoms with Gasteiger partial charge in [-0.25, -0.2) is 13.2 Å². The predicted molar refractivity (Wildman–Crippen MR) is 74.5 cm³/mol. The highest BCUT2D eigenvalue weighted by Gasteiger charge is 2.18. The zero-order chi connectivity index (χ0) is 15.4. The lowest BCUT2D eigenvalue weighted by molar-refractivity contribution is -0.116. The number of nitrogens with one attached hydrogen (secondary N) is 2. The zero-order valence-corrected chi connectivity index (χ0v) is 11.2. The van der Waals surface area contributed by atoms with Crippen LogP contribution in [0, 0.1) is 17.5 Å². The molecule has 0 saturated carbocycles. The molecule has 0 radical (unpaired) electrons. The van der Waals surface area contributed by atoms with Crippen molar-refractivity contribution in [3.63, 3.8) is 0 Å². The molecule has 1 atom stereocenters. The third-order valence-electron chi connectivity index (χ3n) is 2.84. The minimum Gasteiger partial charge on any atom is -0.371 e. The first-order chi connectivity index (χ1) is 9.99. The van der Waals surface area contributed by atoms with Gasteiger partial charge in [0.1, 0.15) is 6.04 Å². The van der Waals surface area contributed by atoms with Crippen LogP contribution in [0.25, 0.3) is 0 Å². The average molecular weight is 294 g/mol. The van der Waals surface area contributed by atoms with E-state index in [1.807, 2.05) is 0 Å². The molecule has 1 amide bonds. The van der Waals surface area contributed by atoms with Gasteiger partial charge in [0.2, 0.25) is 5.91 Å². The molecule has 0 fully saturated rings.